The Morgan fingerprint density at radius 1 is 0.778 bits per heavy atom. The van der Waals surface area contributed by atoms with Crippen LogP contribution in [-0.4, -0.2) is 5.25 Å². The predicted octanol–water partition coefficient (Wildman–Crippen LogP) is 3.30. The highest BCUT2D eigenvalue weighted by molar-refractivity contribution is 7.80. The first-order valence-corrected chi connectivity index (χ1v) is 4.52. The first kappa shape index (κ1) is 7.46. The standard InChI is InChI=1S/C8H15S/c9-8-6-4-2-1-3-5-7-8/h8H,1-7H2. The summed E-state index contributed by atoms with van der Waals surface area (Å²) in [6.07, 6.45) is 9.66. The zero-order chi connectivity index (χ0) is 6.53. The van der Waals surface area contributed by atoms with Gasteiger partial charge in [0.1, 0.15) is 0 Å². The molecule has 0 amide bonds. The Kier molecular flexibility index (Phi) is 3.49. The highest BCUT2D eigenvalue weighted by Gasteiger charge is 2.05. The molecule has 0 unspecified atom stereocenters. The first-order valence-electron chi connectivity index (χ1n) is 4.05. The van der Waals surface area contributed by atoms with E-state index in [4.69, 9.17) is 12.6 Å². The smallest absolute Gasteiger partial charge is 0.0151 e. The van der Waals surface area contributed by atoms with Crippen LogP contribution in [-0.2, 0) is 0 Å². The molecule has 1 aliphatic carbocycles. The zero-order valence-corrected chi connectivity index (χ0v) is 6.75. The van der Waals surface area contributed by atoms with E-state index >= 15 is 0 Å². The molecule has 53 valence electrons. The van der Waals surface area contributed by atoms with Crippen molar-refractivity contribution in [3.05, 3.63) is 0 Å². The highest BCUT2D eigenvalue weighted by atomic mass is 32.1. The molecule has 1 radical (unpaired) electrons. The maximum atomic E-state index is 5.24. The van der Waals surface area contributed by atoms with E-state index in [9.17, 15) is 0 Å². The summed E-state index contributed by atoms with van der Waals surface area (Å²) in [4.78, 5) is 0. The molecule has 0 N–H and O–H groups in total. The van der Waals surface area contributed by atoms with Crippen LogP contribution in [0.25, 0.3) is 0 Å². The maximum absolute atomic E-state index is 5.24. The van der Waals surface area contributed by atoms with Crippen LogP contribution in [0.2, 0.25) is 0 Å². The molecule has 1 aliphatic rings. The summed E-state index contributed by atoms with van der Waals surface area (Å²) in [5.74, 6) is 0. The van der Waals surface area contributed by atoms with E-state index in [1.807, 2.05) is 0 Å². The minimum absolute atomic E-state index is 0.602. The van der Waals surface area contributed by atoms with E-state index in [2.05, 4.69) is 0 Å². The predicted molar refractivity (Wildman–Crippen MR) is 43.7 cm³/mol. The van der Waals surface area contributed by atoms with E-state index in [1.165, 1.54) is 44.9 Å². The number of rotatable bonds is 0. The largest absolute Gasteiger partial charge is 0.0904 e. The van der Waals surface area contributed by atoms with Crippen LogP contribution in [0.4, 0.5) is 0 Å². The maximum Gasteiger partial charge on any atom is 0.0151 e. The van der Waals surface area contributed by atoms with Crippen molar-refractivity contribution in [1.82, 2.24) is 0 Å². The third-order valence-electron chi connectivity index (χ3n) is 2.05. The molecule has 0 bridgehead atoms. The summed E-state index contributed by atoms with van der Waals surface area (Å²) >= 11 is 5.24. The van der Waals surface area contributed by atoms with Gasteiger partial charge in [-0.3, -0.25) is 0 Å². The third kappa shape index (κ3) is 3.14. The summed E-state index contributed by atoms with van der Waals surface area (Å²) in [7, 11) is 0. The SMILES string of the molecule is [S]C1CCCCCCC1. The van der Waals surface area contributed by atoms with Crippen molar-refractivity contribution in [2.24, 2.45) is 0 Å². The van der Waals surface area contributed by atoms with Crippen LogP contribution in [0.3, 0.4) is 0 Å². The van der Waals surface area contributed by atoms with Gasteiger partial charge in [-0.05, 0) is 12.8 Å². The van der Waals surface area contributed by atoms with Crippen molar-refractivity contribution < 1.29 is 0 Å². The quantitative estimate of drug-likeness (QED) is 0.488. The molecular weight excluding hydrogens is 128 g/mol. The van der Waals surface area contributed by atoms with Crippen molar-refractivity contribution >= 4 is 12.6 Å². The number of hydrogen-bond donors (Lipinski definition) is 0. The van der Waals surface area contributed by atoms with E-state index in [0.717, 1.165) is 0 Å². The van der Waals surface area contributed by atoms with Crippen LogP contribution < -0.4 is 0 Å². The van der Waals surface area contributed by atoms with E-state index < -0.39 is 0 Å². The lowest BCUT2D eigenvalue weighted by molar-refractivity contribution is 0.514. The van der Waals surface area contributed by atoms with Crippen LogP contribution in [0.5, 0.6) is 0 Å². The van der Waals surface area contributed by atoms with Crippen LogP contribution in [0, 0.1) is 0 Å². The summed E-state index contributed by atoms with van der Waals surface area (Å²) < 4.78 is 0. The molecule has 1 heteroatoms. The van der Waals surface area contributed by atoms with Gasteiger partial charge >= 0.3 is 0 Å². The molecule has 0 atom stereocenters. The lowest BCUT2D eigenvalue weighted by Crippen LogP contribution is -2.01. The van der Waals surface area contributed by atoms with Gasteiger partial charge in [0, 0.05) is 5.25 Å². The van der Waals surface area contributed by atoms with Crippen LogP contribution in [0.1, 0.15) is 44.9 Å². The summed E-state index contributed by atoms with van der Waals surface area (Å²) in [6.45, 7) is 0. The second-order valence-corrected chi connectivity index (χ2v) is 3.63. The third-order valence-corrected chi connectivity index (χ3v) is 2.52. The molecule has 1 fully saturated rings. The fourth-order valence-corrected chi connectivity index (χ4v) is 1.75. The molecule has 0 spiro atoms. The molecule has 0 saturated heterocycles. The van der Waals surface area contributed by atoms with Gasteiger partial charge in [0.05, 0.1) is 0 Å². The molecular formula is C8H15S. The molecule has 0 heterocycles. The van der Waals surface area contributed by atoms with E-state index in [0.29, 0.717) is 5.25 Å². The van der Waals surface area contributed by atoms with Crippen LogP contribution >= 0.6 is 12.6 Å². The second-order valence-electron chi connectivity index (χ2n) is 2.97. The molecule has 0 aromatic heterocycles. The van der Waals surface area contributed by atoms with Crippen molar-refractivity contribution in [3.63, 3.8) is 0 Å². The zero-order valence-electron chi connectivity index (χ0n) is 5.94. The Bertz CT molecular complexity index is 63.0. The Morgan fingerprint density at radius 2 is 1.22 bits per heavy atom. The monoisotopic (exact) mass is 143 g/mol. The van der Waals surface area contributed by atoms with Crippen molar-refractivity contribution in [3.8, 4) is 0 Å². The molecule has 9 heavy (non-hydrogen) atoms. The van der Waals surface area contributed by atoms with Crippen LogP contribution in [0.15, 0.2) is 0 Å². The van der Waals surface area contributed by atoms with E-state index in [-0.39, 0.29) is 0 Å². The topological polar surface area (TPSA) is 0 Å². The Hall–Kier alpha value is 0.350. The molecule has 0 aliphatic heterocycles. The molecule has 0 aromatic rings. The molecule has 1 saturated carbocycles. The fourth-order valence-electron chi connectivity index (χ4n) is 1.42. The normalized spacial score (nSPS) is 25.0. The minimum atomic E-state index is 0.602. The number of hydrogen-bond acceptors (Lipinski definition) is 0. The van der Waals surface area contributed by atoms with Gasteiger partial charge in [0.15, 0.2) is 0 Å². The van der Waals surface area contributed by atoms with Crippen molar-refractivity contribution in [2.45, 2.75) is 50.2 Å². The van der Waals surface area contributed by atoms with E-state index in [1.54, 1.807) is 0 Å². The first-order chi connectivity index (χ1) is 4.39. The average molecular weight is 143 g/mol. The second kappa shape index (κ2) is 4.21. The van der Waals surface area contributed by atoms with Gasteiger partial charge in [-0.25, -0.2) is 0 Å². The molecule has 1 rings (SSSR count). The highest BCUT2D eigenvalue weighted by Crippen LogP contribution is 2.20. The minimum Gasteiger partial charge on any atom is -0.0904 e. The lowest BCUT2D eigenvalue weighted by atomic mass is 10.0. The summed E-state index contributed by atoms with van der Waals surface area (Å²) in [6, 6.07) is 0. The molecule has 0 nitrogen and oxygen atoms in total. The van der Waals surface area contributed by atoms with Gasteiger partial charge in [-0.15, -0.1) is 0 Å². The van der Waals surface area contributed by atoms with Crippen molar-refractivity contribution in [2.75, 3.05) is 0 Å². The lowest BCUT2D eigenvalue weighted by Gasteiger charge is -2.12. The summed E-state index contributed by atoms with van der Waals surface area (Å²) in [5, 5.41) is 0.602. The molecule has 0 aromatic carbocycles. The van der Waals surface area contributed by atoms with Gasteiger partial charge in [0.2, 0.25) is 0 Å². The average Bonchev–Trinajstić information content (AvgIpc) is 1.79. The van der Waals surface area contributed by atoms with Gasteiger partial charge in [-0.1, -0.05) is 44.7 Å². The van der Waals surface area contributed by atoms with Crippen molar-refractivity contribution in [1.29, 1.82) is 0 Å². The Balaban J connectivity index is 2.12. The Morgan fingerprint density at radius 3 is 1.78 bits per heavy atom. The van der Waals surface area contributed by atoms with Gasteiger partial charge in [0.25, 0.3) is 0 Å². The Labute approximate surface area is 63.4 Å². The van der Waals surface area contributed by atoms with Gasteiger partial charge in [-0.2, -0.15) is 0 Å². The van der Waals surface area contributed by atoms with Gasteiger partial charge < -0.3 is 0 Å². The fraction of sp³-hybridized carbons (Fsp3) is 1.00. The summed E-state index contributed by atoms with van der Waals surface area (Å²) in [5.41, 5.74) is 0.